The lowest BCUT2D eigenvalue weighted by Crippen LogP contribution is -2.36. The molecule has 1 aromatic carbocycles. The lowest BCUT2D eigenvalue weighted by Gasteiger charge is -2.20. The average Bonchev–Trinajstić information content (AvgIpc) is 3.16. The quantitative estimate of drug-likeness (QED) is 0.506. The Morgan fingerprint density at radius 2 is 1.74 bits per heavy atom. The maximum Gasteiger partial charge on any atom is 0.270 e. The minimum absolute atomic E-state index is 0. The van der Waals surface area contributed by atoms with Crippen molar-refractivity contribution in [3.8, 4) is 0 Å². The molecule has 1 heterocycles. The van der Waals surface area contributed by atoms with E-state index in [1.165, 1.54) is 41.8 Å². The molecule has 0 aromatic heterocycles. The van der Waals surface area contributed by atoms with Gasteiger partial charge in [-0.3, -0.25) is 14.9 Å². The highest BCUT2D eigenvalue weighted by Crippen LogP contribution is 2.27. The number of carbonyl (C=O) groups excluding carboxylic acids is 1. The molecule has 0 radical (unpaired) electrons. The number of nitro benzene ring substituents is 1. The molecule has 1 atom stereocenters. The first-order valence-corrected chi connectivity index (χ1v) is 11.8. The van der Waals surface area contributed by atoms with E-state index in [1.54, 1.807) is 0 Å². The van der Waals surface area contributed by atoms with Gasteiger partial charge in [-0.1, -0.05) is 53.0 Å². The van der Waals surface area contributed by atoms with E-state index >= 15 is 0 Å². The molecule has 9 heteroatoms. The highest BCUT2D eigenvalue weighted by molar-refractivity contribution is 7.89. The molecule has 3 rings (SSSR count). The smallest absolute Gasteiger partial charge is 0.270 e. The first-order chi connectivity index (χ1) is 13.9. The summed E-state index contributed by atoms with van der Waals surface area (Å²) in [5, 5.41) is 14.0. The first-order valence-electron chi connectivity index (χ1n) is 10.4. The van der Waals surface area contributed by atoms with Crippen LogP contribution in [0.2, 0.25) is 0 Å². The molecule has 1 aliphatic heterocycles. The van der Waals surface area contributed by atoms with Crippen molar-refractivity contribution in [3.05, 3.63) is 34.4 Å². The molecule has 1 aromatic rings. The van der Waals surface area contributed by atoms with Gasteiger partial charge >= 0.3 is 0 Å². The van der Waals surface area contributed by atoms with Crippen molar-refractivity contribution in [1.82, 2.24) is 9.62 Å². The SMILES string of the molecule is C.C.O=C(NCC1CCN(S(=O)(=O)c2cccc([N+](=O)[O-])c2)C1)C1CCCCCCC1. The maximum absolute atomic E-state index is 12.8. The van der Waals surface area contributed by atoms with Gasteiger partial charge in [0.15, 0.2) is 0 Å². The number of rotatable bonds is 6. The van der Waals surface area contributed by atoms with Crippen LogP contribution in [0.4, 0.5) is 5.69 Å². The van der Waals surface area contributed by atoms with Gasteiger partial charge in [-0.05, 0) is 31.2 Å². The van der Waals surface area contributed by atoms with Crippen LogP contribution in [0, 0.1) is 22.0 Å². The molecule has 1 amide bonds. The summed E-state index contributed by atoms with van der Waals surface area (Å²) in [4.78, 5) is 22.8. The number of non-ortho nitro benzene ring substituents is 1. The zero-order valence-corrected chi connectivity index (χ0v) is 17.4. The second kappa shape index (κ2) is 12.1. The third kappa shape index (κ3) is 7.00. The van der Waals surface area contributed by atoms with Crippen molar-refractivity contribution < 1.29 is 18.1 Å². The molecule has 0 spiro atoms. The lowest BCUT2D eigenvalue weighted by atomic mass is 9.90. The average molecular weight is 456 g/mol. The number of hydrogen-bond acceptors (Lipinski definition) is 5. The second-order valence-electron chi connectivity index (χ2n) is 8.06. The number of nitrogens with zero attached hydrogens (tertiary/aromatic N) is 2. The third-order valence-electron chi connectivity index (χ3n) is 5.96. The van der Waals surface area contributed by atoms with E-state index in [0.29, 0.717) is 26.1 Å². The molecule has 2 aliphatic rings. The summed E-state index contributed by atoms with van der Waals surface area (Å²) < 4.78 is 27.0. The van der Waals surface area contributed by atoms with Crippen LogP contribution in [0.3, 0.4) is 0 Å². The Hall–Kier alpha value is -2.00. The number of amides is 1. The molecule has 1 saturated heterocycles. The van der Waals surface area contributed by atoms with Crippen LogP contribution in [-0.4, -0.2) is 43.2 Å². The molecule has 8 nitrogen and oxygen atoms in total. The van der Waals surface area contributed by atoms with Gasteiger partial charge in [0.25, 0.3) is 5.69 Å². The van der Waals surface area contributed by atoms with E-state index in [1.807, 2.05) is 0 Å². The summed E-state index contributed by atoms with van der Waals surface area (Å²) >= 11 is 0. The topological polar surface area (TPSA) is 110 Å². The van der Waals surface area contributed by atoms with Crippen LogP contribution in [0.25, 0.3) is 0 Å². The molecule has 0 bridgehead atoms. The molecular formula is C22H37N3O5S. The van der Waals surface area contributed by atoms with E-state index in [9.17, 15) is 23.3 Å². The van der Waals surface area contributed by atoms with Crippen molar-refractivity contribution in [2.24, 2.45) is 11.8 Å². The Morgan fingerprint density at radius 1 is 1.10 bits per heavy atom. The Bertz CT molecular complexity index is 835. The fraction of sp³-hybridized carbons (Fsp3) is 0.682. The number of hydrogen-bond donors (Lipinski definition) is 1. The van der Waals surface area contributed by atoms with Crippen LogP contribution in [0.1, 0.15) is 66.2 Å². The van der Waals surface area contributed by atoms with Crippen molar-refractivity contribution >= 4 is 21.6 Å². The van der Waals surface area contributed by atoms with Gasteiger partial charge in [-0.25, -0.2) is 8.42 Å². The van der Waals surface area contributed by atoms with Crippen LogP contribution >= 0.6 is 0 Å². The predicted octanol–water partition coefficient (Wildman–Crippen LogP) is 4.35. The monoisotopic (exact) mass is 455 g/mol. The van der Waals surface area contributed by atoms with Crippen molar-refractivity contribution in [3.63, 3.8) is 0 Å². The van der Waals surface area contributed by atoms with E-state index in [-0.39, 0.29) is 43.2 Å². The fourth-order valence-electron chi connectivity index (χ4n) is 4.20. The summed E-state index contributed by atoms with van der Waals surface area (Å²) in [6.07, 6.45) is 8.36. The largest absolute Gasteiger partial charge is 0.356 e. The predicted molar refractivity (Wildman–Crippen MR) is 122 cm³/mol. The normalized spacial score (nSPS) is 20.6. The summed E-state index contributed by atoms with van der Waals surface area (Å²) in [5.41, 5.74) is -0.242. The molecular weight excluding hydrogens is 418 g/mol. The standard InChI is InChI=1S/C20H29N3O5S.2CH4/c24-20(17-7-4-2-1-3-5-8-17)21-14-16-11-12-22(15-16)29(27,28)19-10-6-9-18(13-19)23(25)26;;/h6,9-10,13,16-17H,1-5,7-8,11-12,14-15H2,(H,21,24);2*1H4. The Kier molecular flexibility index (Phi) is 10.6. The number of nitrogens with one attached hydrogen (secondary N) is 1. The molecule has 1 aliphatic carbocycles. The minimum atomic E-state index is -3.78. The summed E-state index contributed by atoms with van der Waals surface area (Å²) in [7, 11) is -3.78. The number of sulfonamides is 1. The Balaban J connectivity index is 0.00000240. The van der Waals surface area contributed by atoms with Gasteiger partial charge in [-0.15, -0.1) is 0 Å². The van der Waals surface area contributed by atoms with E-state index in [0.717, 1.165) is 31.7 Å². The fourth-order valence-corrected chi connectivity index (χ4v) is 5.77. The van der Waals surface area contributed by atoms with Crippen molar-refractivity contribution in [2.45, 2.75) is 71.1 Å². The highest BCUT2D eigenvalue weighted by Gasteiger charge is 2.33. The van der Waals surface area contributed by atoms with Gasteiger partial charge in [0.05, 0.1) is 9.82 Å². The van der Waals surface area contributed by atoms with Crippen molar-refractivity contribution in [1.29, 1.82) is 0 Å². The third-order valence-corrected chi connectivity index (χ3v) is 7.82. The van der Waals surface area contributed by atoms with Crippen LogP contribution in [0.5, 0.6) is 0 Å². The molecule has 1 unspecified atom stereocenters. The van der Waals surface area contributed by atoms with E-state index in [2.05, 4.69) is 5.32 Å². The van der Waals surface area contributed by atoms with Crippen LogP contribution in [-0.2, 0) is 14.8 Å². The summed E-state index contributed by atoms with van der Waals surface area (Å²) in [6, 6.07) is 5.13. The minimum Gasteiger partial charge on any atom is -0.356 e. The van der Waals surface area contributed by atoms with Gasteiger partial charge < -0.3 is 5.32 Å². The number of benzene rings is 1. The van der Waals surface area contributed by atoms with E-state index < -0.39 is 14.9 Å². The first kappa shape index (κ1) is 27.0. The van der Waals surface area contributed by atoms with Gasteiger partial charge in [0.1, 0.15) is 0 Å². The molecule has 1 N–H and O–H groups in total. The lowest BCUT2D eigenvalue weighted by molar-refractivity contribution is -0.385. The van der Waals surface area contributed by atoms with Crippen LogP contribution in [0.15, 0.2) is 29.2 Å². The molecule has 31 heavy (non-hydrogen) atoms. The molecule has 176 valence electrons. The van der Waals surface area contributed by atoms with E-state index in [4.69, 9.17) is 0 Å². The van der Waals surface area contributed by atoms with Crippen molar-refractivity contribution in [2.75, 3.05) is 19.6 Å². The Labute approximate surface area is 186 Å². The Morgan fingerprint density at radius 3 is 2.39 bits per heavy atom. The number of carbonyl (C=O) groups is 1. The summed E-state index contributed by atoms with van der Waals surface area (Å²) in [6.45, 7) is 1.14. The molecule has 1 saturated carbocycles. The number of nitro groups is 1. The zero-order valence-electron chi connectivity index (χ0n) is 16.6. The van der Waals surface area contributed by atoms with Gasteiger partial charge in [0.2, 0.25) is 15.9 Å². The zero-order chi connectivity index (χ0) is 20.9. The maximum atomic E-state index is 12.8. The highest BCUT2D eigenvalue weighted by atomic mass is 32.2. The molecule has 2 fully saturated rings. The van der Waals surface area contributed by atoms with Gasteiger partial charge in [0, 0.05) is 37.7 Å². The summed E-state index contributed by atoms with van der Waals surface area (Å²) in [5.74, 6) is 0.217. The van der Waals surface area contributed by atoms with Crippen LogP contribution < -0.4 is 5.32 Å². The van der Waals surface area contributed by atoms with Gasteiger partial charge in [-0.2, -0.15) is 4.31 Å². The second-order valence-corrected chi connectivity index (χ2v) is 10.00.